The second-order valence-electron chi connectivity index (χ2n) is 4.58. The number of nitrogens with two attached hydrogens (primary N) is 1. The summed E-state index contributed by atoms with van der Waals surface area (Å²) < 4.78 is 2.25. The van der Waals surface area contributed by atoms with Gasteiger partial charge in [-0.15, -0.1) is 10.2 Å². The summed E-state index contributed by atoms with van der Waals surface area (Å²) in [6.45, 7) is 2.58. The van der Waals surface area contributed by atoms with Gasteiger partial charge in [-0.3, -0.25) is 0 Å². The Morgan fingerprint density at radius 2 is 2.18 bits per heavy atom. The van der Waals surface area contributed by atoms with Gasteiger partial charge in [0.2, 0.25) is 0 Å². The number of aryl methyl sites for hydroxylation is 1. The minimum absolute atomic E-state index is 0.560. The SMILES string of the molecule is Cc1nnc(-c2cccc(CN)c2)n1C1CC1. The van der Waals surface area contributed by atoms with Crippen molar-refractivity contribution in [3.8, 4) is 11.4 Å². The Labute approximate surface area is 100 Å². The summed E-state index contributed by atoms with van der Waals surface area (Å²) in [6, 6.07) is 8.83. The first kappa shape index (κ1) is 10.5. The minimum atomic E-state index is 0.560. The van der Waals surface area contributed by atoms with Crippen molar-refractivity contribution in [1.29, 1.82) is 0 Å². The number of nitrogens with zero attached hydrogens (tertiary/aromatic N) is 3. The van der Waals surface area contributed by atoms with Crippen molar-refractivity contribution in [2.45, 2.75) is 32.4 Å². The third kappa shape index (κ3) is 1.85. The van der Waals surface area contributed by atoms with Gasteiger partial charge in [0.15, 0.2) is 5.82 Å². The van der Waals surface area contributed by atoms with Crippen LogP contribution in [0.2, 0.25) is 0 Å². The first-order chi connectivity index (χ1) is 8.29. The van der Waals surface area contributed by atoms with Crippen LogP contribution in [0.25, 0.3) is 11.4 Å². The predicted octanol–water partition coefficient (Wildman–Crippen LogP) is 2.05. The summed E-state index contributed by atoms with van der Waals surface area (Å²) >= 11 is 0. The topological polar surface area (TPSA) is 56.7 Å². The fourth-order valence-electron chi connectivity index (χ4n) is 2.17. The molecule has 1 aromatic heterocycles. The molecule has 1 aliphatic carbocycles. The van der Waals surface area contributed by atoms with Crippen LogP contribution in [0.4, 0.5) is 0 Å². The van der Waals surface area contributed by atoms with Crippen molar-refractivity contribution in [2.24, 2.45) is 5.73 Å². The van der Waals surface area contributed by atoms with E-state index in [4.69, 9.17) is 5.73 Å². The molecule has 0 aliphatic heterocycles. The van der Waals surface area contributed by atoms with Crippen molar-refractivity contribution in [2.75, 3.05) is 0 Å². The summed E-state index contributed by atoms with van der Waals surface area (Å²) in [5.41, 5.74) is 7.91. The highest BCUT2D eigenvalue weighted by molar-refractivity contribution is 5.57. The Kier molecular flexibility index (Phi) is 2.44. The summed E-state index contributed by atoms with van der Waals surface area (Å²) in [5, 5.41) is 8.49. The van der Waals surface area contributed by atoms with E-state index in [1.54, 1.807) is 0 Å². The lowest BCUT2D eigenvalue weighted by molar-refractivity contribution is 0.717. The molecule has 3 rings (SSSR count). The highest BCUT2D eigenvalue weighted by Crippen LogP contribution is 2.38. The molecule has 0 atom stereocenters. The van der Waals surface area contributed by atoms with E-state index in [1.807, 2.05) is 19.1 Å². The van der Waals surface area contributed by atoms with E-state index in [1.165, 1.54) is 12.8 Å². The van der Waals surface area contributed by atoms with E-state index in [0.29, 0.717) is 12.6 Å². The molecular formula is C13H16N4. The monoisotopic (exact) mass is 228 g/mol. The highest BCUT2D eigenvalue weighted by Gasteiger charge is 2.28. The zero-order chi connectivity index (χ0) is 11.8. The molecular weight excluding hydrogens is 212 g/mol. The molecule has 0 spiro atoms. The third-order valence-electron chi connectivity index (χ3n) is 3.20. The van der Waals surface area contributed by atoms with Gasteiger partial charge in [0.05, 0.1) is 0 Å². The van der Waals surface area contributed by atoms with E-state index in [0.717, 1.165) is 22.8 Å². The highest BCUT2D eigenvalue weighted by atomic mass is 15.3. The van der Waals surface area contributed by atoms with Crippen molar-refractivity contribution in [3.63, 3.8) is 0 Å². The van der Waals surface area contributed by atoms with Crippen molar-refractivity contribution >= 4 is 0 Å². The molecule has 0 bridgehead atoms. The smallest absolute Gasteiger partial charge is 0.164 e. The Bertz CT molecular complexity index is 540. The van der Waals surface area contributed by atoms with Crippen molar-refractivity contribution < 1.29 is 0 Å². The fourth-order valence-corrected chi connectivity index (χ4v) is 2.17. The van der Waals surface area contributed by atoms with Crippen molar-refractivity contribution in [3.05, 3.63) is 35.7 Å². The van der Waals surface area contributed by atoms with Gasteiger partial charge in [0, 0.05) is 18.2 Å². The largest absolute Gasteiger partial charge is 0.326 e. The lowest BCUT2D eigenvalue weighted by Crippen LogP contribution is -2.01. The molecule has 1 saturated carbocycles. The van der Waals surface area contributed by atoms with Crippen LogP contribution >= 0.6 is 0 Å². The van der Waals surface area contributed by atoms with Crippen LogP contribution < -0.4 is 5.73 Å². The van der Waals surface area contributed by atoms with E-state index in [2.05, 4.69) is 26.9 Å². The maximum Gasteiger partial charge on any atom is 0.164 e. The molecule has 88 valence electrons. The zero-order valence-corrected chi connectivity index (χ0v) is 9.93. The van der Waals surface area contributed by atoms with Gasteiger partial charge in [-0.05, 0) is 31.4 Å². The molecule has 0 amide bonds. The summed E-state index contributed by atoms with van der Waals surface area (Å²) in [4.78, 5) is 0. The van der Waals surface area contributed by atoms with Crippen LogP contribution in [-0.4, -0.2) is 14.8 Å². The van der Waals surface area contributed by atoms with E-state index < -0.39 is 0 Å². The number of benzene rings is 1. The zero-order valence-electron chi connectivity index (χ0n) is 9.93. The summed E-state index contributed by atoms with van der Waals surface area (Å²) in [5.74, 6) is 1.97. The summed E-state index contributed by atoms with van der Waals surface area (Å²) in [6.07, 6.45) is 2.48. The quantitative estimate of drug-likeness (QED) is 0.874. The van der Waals surface area contributed by atoms with Crippen LogP contribution in [0.15, 0.2) is 24.3 Å². The molecule has 1 aromatic carbocycles. The van der Waals surface area contributed by atoms with Gasteiger partial charge in [0.25, 0.3) is 0 Å². The Hall–Kier alpha value is -1.68. The first-order valence-electron chi connectivity index (χ1n) is 6.00. The molecule has 0 unspecified atom stereocenters. The van der Waals surface area contributed by atoms with Gasteiger partial charge in [0.1, 0.15) is 5.82 Å². The van der Waals surface area contributed by atoms with Crippen LogP contribution in [0.3, 0.4) is 0 Å². The molecule has 4 heteroatoms. The summed E-state index contributed by atoms with van der Waals surface area (Å²) in [7, 11) is 0. The molecule has 4 nitrogen and oxygen atoms in total. The third-order valence-corrected chi connectivity index (χ3v) is 3.20. The van der Waals surface area contributed by atoms with Gasteiger partial charge < -0.3 is 10.3 Å². The number of hydrogen-bond acceptors (Lipinski definition) is 3. The number of rotatable bonds is 3. The van der Waals surface area contributed by atoms with Crippen LogP contribution in [-0.2, 0) is 6.54 Å². The standard InChI is InChI=1S/C13H16N4/c1-9-15-16-13(17(9)12-5-6-12)11-4-2-3-10(7-11)8-14/h2-4,7,12H,5-6,8,14H2,1H3. The maximum atomic E-state index is 5.67. The van der Waals surface area contributed by atoms with Gasteiger partial charge in [-0.2, -0.15) is 0 Å². The second-order valence-corrected chi connectivity index (χ2v) is 4.58. The van der Waals surface area contributed by atoms with Crippen LogP contribution in [0.1, 0.15) is 30.3 Å². The van der Waals surface area contributed by atoms with Gasteiger partial charge >= 0.3 is 0 Å². The normalized spacial score (nSPS) is 15.2. The van der Waals surface area contributed by atoms with Gasteiger partial charge in [-0.25, -0.2) is 0 Å². The molecule has 2 N–H and O–H groups in total. The van der Waals surface area contributed by atoms with Crippen LogP contribution in [0.5, 0.6) is 0 Å². The van der Waals surface area contributed by atoms with E-state index in [-0.39, 0.29) is 0 Å². The van der Waals surface area contributed by atoms with Gasteiger partial charge in [-0.1, -0.05) is 18.2 Å². The molecule has 1 heterocycles. The Balaban J connectivity index is 2.08. The second kappa shape index (κ2) is 3.96. The average molecular weight is 228 g/mol. The maximum absolute atomic E-state index is 5.67. The van der Waals surface area contributed by atoms with Crippen LogP contribution in [0, 0.1) is 6.92 Å². The van der Waals surface area contributed by atoms with E-state index in [9.17, 15) is 0 Å². The fraction of sp³-hybridized carbons (Fsp3) is 0.385. The lowest BCUT2D eigenvalue weighted by Gasteiger charge is -2.07. The number of hydrogen-bond donors (Lipinski definition) is 1. The average Bonchev–Trinajstić information content (AvgIpc) is 3.12. The first-order valence-corrected chi connectivity index (χ1v) is 6.00. The molecule has 1 fully saturated rings. The van der Waals surface area contributed by atoms with Crippen molar-refractivity contribution in [1.82, 2.24) is 14.8 Å². The predicted molar refractivity (Wildman–Crippen MR) is 66.4 cm³/mol. The molecule has 1 aliphatic rings. The number of aromatic nitrogens is 3. The Morgan fingerprint density at radius 3 is 2.88 bits per heavy atom. The minimum Gasteiger partial charge on any atom is -0.326 e. The molecule has 17 heavy (non-hydrogen) atoms. The Morgan fingerprint density at radius 1 is 1.35 bits per heavy atom. The molecule has 2 aromatic rings. The molecule has 0 saturated heterocycles. The lowest BCUT2D eigenvalue weighted by atomic mass is 10.1. The van der Waals surface area contributed by atoms with E-state index >= 15 is 0 Å². The molecule has 0 radical (unpaired) electrons.